The number of aryl methyl sites for hydroxylation is 1. The Morgan fingerprint density at radius 2 is 1.42 bits per heavy atom. The molecule has 0 saturated heterocycles. The van der Waals surface area contributed by atoms with Crippen LogP contribution in [0, 0.1) is 6.92 Å². The second kappa shape index (κ2) is 7.97. The zero-order valence-corrected chi connectivity index (χ0v) is 18.4. The molecule has 0 fully saturated rings. The third kappa shape index (κ3) is 3.94. The first kappa shape index (κ1) is 19.5. The van der Waals surface area contributed by atoms with Crippen molar-refractivity contribution in [1.29, 1.82) is 0 Å². The number of hydrogen-bond donors (Lipinski definition) is 0. The fourth-order valence-corrected chi connectivity index (χ4v) is 3.85. The fraction of sp³-hybridized carbons (Fsp3) is 0.0370. The number of halogens is 1. The minimum absolute atomic E-state index is 0.394. The van der Waals surface area contributed by atoms with E-state index in [2.05, 4.69) is 53.2 Å². The first-order valence-electron chi connectivity index (χ1n) is 9.95. The molecular formula is C27H18BrNO2. The van der Waals surface area contributed by atoms with Crippen LogP contribution in [0.15, 0.2) is 105 Å². The van der Waals surface area contributed by atoms with Crippen molar-refractivity contribution in [1.82, 2.24) is 4.98 Å². The number of benzene rings is 3. The Hall–Kier alpha value is -3.50. The molecule has 2 heterocycles. The van der Waals surface area contributed by atoms with Crippen molar-refractivity contribution in [3.63, 3.8) is 0 Å². The van der Waals surface area contributed by atoms with E-state index in [0.29, 0.717) is 16.8 Å². The van der Waals surface area contributed by atoms with Gasteiger partial charge in [-0.15, -0.1) is 0 Å². The summed E-state index contributed by atoms with van der Waals surface area (Å²) in [6, 6.07) is 29.7. The van der Waals surface area contributed by atoms with Gasteiger partial charge in [-0.1, -0.05) is 76.1 Å². The maximum atomic E-state index is 12.8. The minimum Gasteiger partial charge on any atom is -0.422 e. The normalized spacial score (nSPS) is 11.0. The second-order valence-electron chi connectivity index (χ2n) is 7.48. The highest BCUT2D eigenvalue weighted by Crippen LogP contribution is 2.31. The summed E-state index contributed by atoms with van der Waals surface area (Å²) in [7, 11) is 0. The van der Waals surface area contributed by atoms with Gasteiger partial charge in [0.15, 0.2) is 0 Å². The molecule has 3 nitrogen and oxygen atoms in total. The smallest absolute Gasteiger partial charge is 0.345 e. The van der Waals surface area contributed by atoms with E-state index in [1.54, 1.807) is 6.07 Å². The first-order valence-corrected chi connectivity index (χ1v) is 10.7. The number of hydrogen-bond acceptors (Lipinski definition) is 3. The summed E-state index contributed by atoms with van der Waals surface area (Å²) in [4.78, 5) is 17.6. The molecule has 0 spiro atoms. The lowest BCUT2D eigenvalue weighted by molar-refractivity contribution is 0.563. The summed E-state index contributed by atoms with van der Waals surface area (Å²) in [6.45, 7) is 2.06. The van der Waals surface area contributed by atoms with Gasteiger partial charge >= 0.3 is 5.63 Å². The molecular weight excluding hydrogens is 450 g/mol. The molecule has 0 atom stereocenters. The molecule has 0 bridgehead atoms. The molecule has 150 valence electrons. The van der Waals surface area contributed by atoms with Gasteiger partial charge in [0.1, 0.15) is 5.58 Å². The number of para-hydroxylation sites is 1. The lowest BCUT2D eigenvalue weighted by Gasteiger charge is -2.10. The Balaban J connectivity index is 1.75. The fourth-order valence-electron chi connectivity index (χ4n) is 3.59. The van der Waals surface area contributed by atoms with E-state index in [1.165, 1.54) is 5.56 Å². The van der Waals surface area contributed by atoms with E-state index in [9.17, 15) is 4.79 Å². The van der Waals surface area contributed by atoms with Crippen LogP contribution in [0.2, 0.25) is 0 Å². The van der Waals surface area contributed by atoms with E-state index >= 15 is 0 Å². The van der Waals surface area contributed by atoms with Gasteiger partial charge in [0.2, 0.25) is 0 Å². The van der Waals surface area contributed by atoms with E-state index in [0.717, 1.165) is 32.2 Å². The van der Waals surface area contributed by atoms with Gasteiger partial charge < -0.3 is 4.42 Å². The third-order valence-electron chi connectivity index (χ3n) is 5.27. The largest absolute Gasteiger partial charge is 0.422 e. The molecule has 4 heteroatoms. The van der Waals surface area contributed by atoms with Crippen LogP contribution in [0.25, 0.3) is 44.6 Å². The summed E-state index contributed by atoms with van der Waals surface area (Å²) in [5.74, 6) is 0. The van der Waals surface area contributed by atoms with Crippen LogP contribution in [0.4, 0.5) is 0 Å². The van der Waals surface area contributed by atoms with Crippen LogP contribution in [0.1, 0.15) is 5.56 Å². The van der Waals surface area contributed by atoms with Gasteiger partial charge in [-0.25, -0.2) is 9.78 Å². The SMILES string of the molecule is Cc1ccc(-c2cc(-c3ccc(Br)cc3)nc(-c3cc4ccccc4oc3=O)c2)cc1. The Kier molecular flexibility index (Phi) is 5.00. The van der Waals surface area contributed by atoms with Crippen LogP contribution >= 0.6 is 15.9 Å². The second-order valence-corrected chi connectivity index (χ2v) is 8.40. The van der Waals surface area contributed by atoms with Crippen molar-refractivity contribution in [3.05, 3.63) is 111 Å². The molecule has 0 N–H and O–H groups in total. The summed E-state index contributed by atoms with van der Waals surface area (Å²) in [5, 5.41) is 0.866. The van der Waals surface area contributed by atoms with E-state index in [4.69, 9.17) is 9.40 Å². The maximum Gasteiger partial charge on any atom is 0.345 e. The van der Waals surface area contributed by atoms with E-state index in [1.807, 2.05) is 54.6 Å². The van der Waals surface area contributed by atoms with Crippen molar-refractivity contribution >= 4 is 26.9 Å². The van der Waals surface area contributed by atoms with Crippen LogP contribution < -0.4 is 5.63 Å². The molecule has 0 amide bonds. The number of nitrogens with zero attached hydrogens (tertiary/aromatic N) is 1. The number of rotatable bonds is 3. The molecule has 31 heavy (non-hydrogen) atoms. The summed E-state index contributed by atoms with van der Waals surface area (Å²) >= 11 is 3.49. The van der Waals surface area contributed by atoms with Gasteiger partial charge in [-0.05, 0) is 54.4 Å². The zero-order chi connectivity index (χ0) is 21.4. The number of aromatic nitrogens is 1. The highest BCUT2D eigenvalue weighted by molar-refractivity contribution is 9.10. The van der Waals surface area contributed by atoms with Crippen molar-refractivity contribution in [2.24, 2.45) is 0 Å². The Labute approximate surface area is 188 Å². The van der Waals surface area contributed by atoms with Crippen molar-refractivity contribution in [2.45, 2.75) is 6.92 Å². The molecule has 0 aliphatic heterocycles. The van der Waals surface area contributed by atoms with Crippen molar-refractivity contribution < 1.29 is 4.42 Å². The average molecular weight is 468 g/mol. The Bertz CT molecular complexity index is 1390. The predicted octanol–water partition coefficient (Wildman–Crippen LogP) is 7.26. The van der Waals surface area contributed by atoms with Crippen molar-refractivity contribution in [2.75, 3.05) is 0 Å². The molecule has 0 aliphatic rings. The van der Waals surface area contributed by atoms with Gasteiger partial charge in [0.25, 0.3) is 0 Å². The zero-order valence-electron chi connectivity index (χ0n) is 16.8. The van der Waals surface area contributed by atoms with Crippen LogP contribution in [-0.2, 0) is 0 Å². The topological polar surface area (TPSA) is 43.1 Å². The molecule has 2 aromatic heterocycles. The van der Waals surface area contributed by atoms with Gasteiger partial charge in [-0.2, -0.15) is 0 Å². The van der Waals surface area contributed by atoms with Gasteiger partial charge in [-0.3, -0.25) is 0 Å². The maximum absolute atomic E-state index is 12.8. The summed E-state index contributed by atoms with van der Waals surface area (Å²) in [5.41, 5.74) is 6.25. The van der Waals surface area contributed by atoms with Gasteiger partial charge in [0, 0.05) is 15.4 Å². The summed E-state index contributed by atoms with van der Waals surface area (Å²) in [6.07, 6.45) is 0. The molecule has 0 radical (unpaired) electrons. The standard InChI is InChI=1S/C27H18BrNO2/c1-17-6-8-18(9-7-17)21-15-24(19-10-12-22(28)13-11-19)29-25(16-21)23-14-20-4-2-3-5-26(20)31-27(23)30/h2-16H,1H3. The molecule has 5 aromatic rings. The molecule has 0 aliphatic carbocycles. The predicted molar refractivity (Wildman–Crippen MR) is 129 cm³/mol. The van der Waals surface area contributed by atoms with Crippen LogP contribution in [0.3, 0.4) is 0 Å². The third-order valence-corrected chi connectivity index (χ3v) is 5.80. The monoisotopic (exact) mass is 467 g/mol. The van der Waals surface area contributed by atoms with Crippen LogP contribution in [-0.4, -0.2) is 4.98 Å². The number of pyridine rings is 1. The van der Waals surface area contributed by atoms with E-state index < -0.39 is 5.63 Å². The summed E-state index contributed by atoms with van der Waals surface area (Å²) < 4.78 is 6.57. The Morgan fingerprint density at radius 3 is 2.19 bits per heavy atom. The lowest BCUT2D eigenvalue weighted by Crippen LogP contribution is -2.04. The van der Waals surface area contributed by atoms with Crippen LogP contribution in [0.5, 0.6) is 0 Å². The van der Waals surface area contributed by atoms with Crippen molar-refractivity contribution in [3.8, 4) is 33.6 Å². The molecule has 0 saturated carbocycles. The quantitative estimate of drug-likeness (QED) is 0.262. The number of fused-ring (bicyclic) bond motifs is 1. The van der Waals surface area contributed by atoms with E-state index in [-0.39, 0.29) is 0 Å². The minimum atomic E-state index is -0.394. The van der Waals surface area contributed by atoms with Gasteiger partial charge in [0.05, 0.1) is 17.0 Å². The lowest BCUT2D eigenvalue weighted by atomic mass is 9.99. The molecule has 0 unspecified atom stereocenters. The highest BCUT2D eigenvalue weighted by atomic mass is 79.9. The highest BCUT2D eigenvalue weighted by Gasteiger charge is 2.13. The Morgan fingerprint density at radius 1 is 0.742 bits per heavy atom. The molecule has 5 rings (SSSR count). The molecule has 3 aromatic carbocycles. The average Bonchev–Trinajstić information content (AvgIpc) is 2.79. The first-order chi connectivity index (χ1) is 15.1.